The van der Waals surface area contributed by atoms with Crippen molar-refractivity contribution in [1.82, 2.24) is 16.1 Å². The number of carbonyl (C=O) groups is 4. The molecule has 2 aliphatic carbocycles. The number of benzene rings is 1. The van der Waals surface area contributed by atoms with Crippen molar-refractivity contribution < 1.29 is 106 Å². The molecule has 0 saturated carbocycles. The molecule has 4 aliphatic heterocycles. The van der Waals surface area contributed by atoms with Crippen LogP contribution in [-0.4, -0.2) is 217 Å². The van der Waals surface area contributed by atoms with Gasteiger partial charge in [-0.1, -0.05) is 60.2 Å². The third-order valence-corrected chi connectivity index (χ3v) is 18.3. The Morgan fingerprint density at radius 1 is 0.869 bits per heavy atom. The molecule has 7 rings (SSSR count). The van der Waals surface area contributed by atoms with Crippen LogP contribution in [0.4, 0.5) is 4.79 Å². The molecule has 1 amide bonds. The van der Waals surface area contributed by atoms with Crippen molar-refractivity contribution >= 4 is 68.2 Å². The minimum Gasteiger partial charge on any atom is -0.492 e. The van der Waals surface area contributed by atoms with Gasteiger partial charge in [-0.2, -0.15) is 5.48 Å². The number of halogens is 1. The van der Waals surface area contributed by atoms with Gasteiger partial charge in [0.2, 0.25) is 17.2 Å². The smallest absolute Gasteiger partial charge is 0.411 e. The molecule has 464 valence electrons. The number of aliphatic hydroxyl groups excluding tert-OH is 4. The second kappa shape index (κ2) is 30.3. The molecule has 28 heteroatoms. The lowest BCUT2D eigenvalue weighted by Crippen LogP contribution is -2.65. The lowest BCUT2D eigenvalue weighted by molar-refractivity contribution is -0.336. The number of allylic oxidation sites excluding steroid dienone is 3. The minimum atomic E-state index is -2.16. The predicted octanol–water partition coefficient (Wildman–Crippen LogP) is 1.82. The van der Waals surface area contributed by atoms with Crippen molar-refractivity contribution in [3.63, 3.8) is 0 Å². The molecule has 4 heterocycles. The number of ether oxygens (including phenoxy) is 12. The Hall–Kier alpha value is -3.97. The summed E-state index contributed by atoms with van der Waals surface area (Å²) in [6.45, 7) is 10.7. The SMILES string of the molecule is CCN[C@H]1CO[C@@H](O[C@H]2[C@H](O[C@H]3C#C/C=C\C#CC4(O)CC(=O)C(NC(=O)OC)=C3/C4=C\CSC(C)=O)O[C@H](C)[C@@H](NO[C@H]3C[C@H](O)C(SC(=O)c4c(C)c(I)c(O[C@@H]5O[C@@H](C)C(O)[C@@H](OC)[C@H]5O)c(OC)c4OC)[C@@H](C)O3)[C@@H]2O)C[C@@H]1OC. The highest BCUT2D eigenvalue weighted by atomic mass is 127. The fourth-order valence-electron chi connectivity index (χ4n) is 10.5. The number of nitrogens with one attached hydrogen (secondary N) is 3. The van der Waals surface area contributed by atoms with Gasteiger partial charge in [-0.3, -0.25) is 24.5 Å². The molecule has 25 nitrogen and oxygen atoms in total. The molecule has 6 aliphatic rings. The summed E-state index contributed by atoms with van der Waals surface area (Å²) >= 11 is 3.72. The summed E-state index contributed by atoms with van der Waals surface area (Å²) in [5, 5.41) is 62.2. The summed E-state index contributed by atoms with van der Waals surface area (Å²) in [5.74, 6) is 10.7. The molecule has 0 aromatic heterocycles. The van der Waals surface area contributed by atoms with Crippen LogP contribution in [0.3, 0.4) is 0 Å². The number of hydrogen-bond donors (Lipinski definition) is 8. The maximum Gasteiger partial charge on any atom is 0.411 e. The second-order valence-electron chi connectivity index (χ2n) is 20.4. The van der Waals surface area contributed by atoms with Gasteiger partial charge < -0.3 is 87.7 Å². The number of likely N-dealkylation sites (N-methyl/N-ethyl adjacent to an activating group) is 1. The molecule has 0 spiro atoms. The molecule has 2 bridgehead atoms. The first kappa shape index (κ1) is 67.5. The molecule has 0 radical (unpaired) electrons. The van der Waals surface area contributed by atoms with Gasteiger partial charge in [0.25, 0.3) is 0 Å². The first-order valence-electron chi connectivity index (χ1n) is 27.1. The number of thioether (sulfide) groups is 2. The molecule has 4 fully saturated rings. The Balaban J connectivity index is 1.12. The molecule has 4 saturated heterocycles. The van der Waals surface area contributed by atoms with Gasteiger partial charge in [-0.15, -0.1) is 0 Å². The fourth-order valence-corrected chi connectivity index (χ4v) is 12.8. The average molecular weight is 1330 g/mol. The first-order chi connectivity index (χ1) is 40.0. The predicted molar refractivity (Wildman–Crippen MR) is 309 cm³/mol. The lowest BCUT2D eigenvalue weighted by atomic mass is 9.75. The van der Waals surface area contributed by atoms with Crippen LogP contribution in [0.5, 0.6) is 17.2 Å². The summed E-state index contributed by atoms with van der Waals surface area (Å²) in [6.07, 6.45) is -14.6. The number of methoxy groups -OCH3 is 5. The van der Waals surface area contributed by atoms with Crippen LogP contribution in [0, 0.1) is 34.2 Å². The maximum atomic E-state index is 14.4. The zero-order valence-corrected chi connectivity index (χ0v) is 52.0. The second-order valence-corrected chi connectivity index (χ2v) is 23.8. The van der Waals surface area contributed by atoms with Crippen molar-refractivity contribution in [2.75, 3.05) is 54.5 Å². The van der Waals surface area contributed by atoms with E-state index < -0.39 is 133 Å². The van der Waals surface area contributed by atoms with Gasteiger partial charge in [0.1, 0.15) is 36.6 Å². The normalized spacial score (nSPS) is 35.9. The molecule has 19 atom stereocenters. The van der Waals surface area contributed by atoms with Crippen LogP contribution < -0.4 is 30.3 Å². The fraction of sp³-hybridized carbons (Fsp3) is 0.643. The van der Waals surface area contributed by atoms with Crippen LogP contribution in [-0.2, 0) is 57.1 Å². The minimum absolute atomic E-state index is 0.0117. The molecular formula is C56H74IN3O22S2. The van der Waals surface area contributed by atoms with Gasteiger partial charge in [-0.25, -0.2) is 4.79 Å². The summed E-state index contributed by atoms with van der Waals surface area (Å²) in [6, 6.07) is -1.32. The van der Waals surface area contributed by atoms with Crippen molar-refractivity contribution in [2.24, 2.45) is 0 Å². The van der Waals surface area contributed by atoms with E-state index in [1.54, 1.807) is 34.8 Å². The topological polar surface area (TPSA) is 326 Å². The molecule has 1 aromatic carbocycles. The molecule has 3 unspecified atom stereocenters. The van der Waals surface area contributed by atoms with Gasteiger partial charge >= 0.3 is 6.09 Å². The number of carbonyl (C=O) groups excluding carboxylic acids is 4. The summed E-state index contributed by atoms with van der Waals surface area (Å²) in [5.41, 5.74) is 0.827. The number of aliphatic hydroxyl groups is 5. The van der Waals surface area contributed by atoms with Gasteiger partial charge in [0.15, 0.2) is 46.9 Å². The highest BCUT2D eigenvalue weighted by Crippen LogP contribution is 2.49. The van der Waals surface area contributed by atoms with Gasteiger partial charge in [0.05, 0.1) is 97.0 Å². The third-order valence-electron chi connectivity index (χ3n) is 14.9. The van der Waals surface area contributed by atoms with Crippen LogP contribution >= 0.6 is 46.1 Å². The maximum absolute atomic E-state index is 14.4. The van der Waals surface area contributed by atoms with Crippen molar-refractivity contribution in [1.29, 1.82) is 0 Å². The molecule has 84 heavy (non-hydrogen) atoms. The number of hydrogen-bond acceptors (Lipinski definition) is 26. The number of fused-ring (bicyclic) bond motifs is 2. The van der Waals surface area contributed by atoms with E-state index in [9.17, 15) is 44.7 Å². The van der Waals surface area contributed by atoms with Crippen LogP contribution in [0.2, 0.25) is 0 Å². The summed E-state index contributed by atoms with van der Waals surface area (Å²) in [4.78, 5) is 59.6. The zero-order chi connectivity index (χ0) is 61.3. The van der Waals surface area contributed by atoms with Crippen molar-refractivity contribution in [2.45, 2.75) is 176 Å². The number of rotatable bonds is 20. The molecular weight excluding hydrogens is 1260 g/mol. The highest BCUT2D eigenvalue weighted by Gasteiger charge is 2.52. The largest absolute Gasteiger partial charge is 0.492 e. The quantitative estimate of drug-likeness (QED) is 0.0524. The van der Waals surface area contributed by atoms with E-state index in [1.807, 2.05) is 29.5 Å². The monoisotopic (exact) mass is 1330 g/mol. The molecule has 1 aromatic rings. The Labute approximate surface area is 509 Å². The van der Waals surface area contributed by atoms with E-state index >= 15 is 0 Å². The van der Waals surface area contributed by atoms with Crippen molar-refractivity contribution in [3.05, 3.63) is 49.8 Å². The number of ketones is 1. The first-order valence-corrected chi connectivity index (χ1v) is 30.0. The van der Waals surface area contributed by atoms with Crippen LogP contribution in [0.1, 0.15) is 69.8 Å². The summed E-state index contributed by atoms with van der Waals surface area (Å²) in [7, 11) is 6.72. The van der Waals surface area contributed by atoms with Gasteiger partial charge in [0, 0.05) is 50.9 Å². The number of alkyl carbamates (subject to hydrolysis) is 1. The highest BCUT2D eigenvalue weighted by molar-refractivity contribution is 14.1. The van der Waals surface area contributed by atoms with E-state index in [2.05, 4.69) is 39.8 Å². The Morgan fingerprint density at radius 2 is 1.58 bits per heavy atom. The zero-order valence-electron chi connectivity index (χ0n) is 48.2. The third kappa shape index (κ3) is 15.3. The number of amides is 1. The molecule has 8 N–H and O–H groups in total. The van der Waals surface area contributed by atoms with E-state index in [0.29, 0.717) is 15.7 Å². The van der Waals surface area contributed by atoms with Gasteiger partial charge in [-0.05, 0) is 74.5 Å². The number of Topliss-reactive ketones (excluding diaryl/α,β-unsaturated/α-hetero) is 1. The number of hydroxylamine groups is 1. The van der Waals surface area contributed by atoms with Crippen LogP contribution in [0.15, 0.2) is 35.1 Å². The average Bonchev–Trinajstić information content (AvgIpc) is 3.34. The Kier molecular flexibility index (Phi) is 24.4. The Morgan fingerprint density at radius 3 is 2.24 bits per heavy atom. The van der Waals surface area contributed by atoms with E-state index in [-0.39, 0.29) is 76.0 Å². The van der Waals surface area contributed by atoms with E-state index in [0.717, 1.165) is 30.6 Å². The standard InChI is InChI=1S/C56H74IN3O22S2/c1-12-58-31-24-75-36(22-35(31)70-7)80-49-44(65)41(26(3)77-54(49)79-34-17-15-13-14-16-19-56(69)23-33(63)42(59-55(68)74-11)39(34)30(56)18-20-83-29(6)61)60-82-37-21-32(62)51(28(5)76-37)84-52(67)38-25(2)40(57)47(50(73-10)46(38)71-8)81-53-45(66)48(72-9)43(64)27(4)78-53/h13-14,18,26-28,31-32,34-37,41,43-45,48-49,51,53-54,58,60,62,64-66,69H,12,20-24H2,1-11H3,(H,59,68)/b14-13-,30-18+/t26-,27+,28-,31+,32+,34+,35+,36+,37+,41-,43?,44+,45-,48-,49-,51?,53+,54+,56?/m1/s1. The summed E-state index contributed by atoms with van der Waals surface area (Å²) < 4.78 is 72.3. The lowest BCUT2D eigenvalue weighted by Gasteiger charge is -2.46. The van der Waals surface area contributed by atoms with E-state index in [1.165, 1.54) is 46.5 Å². The van der Waals surface area contributed by atoms with Crippen molar-refractivity contribution in [3.8, 4) is 40.9 Å². The Bertz CT molecular complexity index is 2770. The van der Waals surface area contributed by atoms with Crippen LogP contribution in [0.25, 0.3) is 0 Å². The van der Waals surface area contributed by atoms with E-state index in [4.69, 9.17) is 61.7 Å².